The summed E-state index contributed by atoms with van der Waals surface area (Å²) in [5.74, 6) is -2.43. The Kier molecular flexibility index (Phi) is 25.1. The smallest absolute Gasteiger partial charge is 0.462 e. The number of ether oxygens (including phenoxy) is 9. The lowest BCUT2D eigenvalue weighted by Gasteiger charge is -2.38. The zero-order valence-electron chi connectivity index (χ0n) is 56.8. The summed E-state index contributed by atoms with van der Waals surface area (Å²) in [6.45, 7) is 11.9. The molecule has 4 heterocycles. The minimum Gasteiger partial charge on any atom is -0.462 e. The van der Waals surface area contributed by atoms with Crippen LogP contribution in [0.25, 0.3) is 11.3 Å². The standard InChI is InChI=1S/C78H89FN4O15/c1-51(2)71-69(75(86)80-59-23-15-9-16-24-59)67(54-19-11-7-12-20-54)72(56-31-33-58(79)34-32-56)82(71)37-35-61-47-63(49-65(84)95-61)97-77(88)93-45-43-91-41-39-90-40-42-92-44-46-94-78(89)98-64-48-62(96-66(85)50-64)36-38-83(6)73(52(3)4)70(76(87)81-60-25-17-10-18-26-60)68(55-21-13-8-14-22-55)74(83)57-29-27-53(5)28-30-57/h7-9,11-17,19-34,51-52,61-64,67,72H,10,18,35-50H2,1-6H3,(H-,80,81,86,87)/p+1. The molecular formula is C78H90FN4O15+. The Labute approximate surface area is 573 Å². The number of nitrogens with zero attached hydrogens (tertiary/aromatic N) is 2. The summed E-state index contributed by atoms with van der Waals surface area (Å²) in [7, 11) is 2.13. The van der Waals surface area contributed by atoms with E-state index in [2.05, 4.69) is 66.8 Å². The Balaban J connectivity index is 0.629. The molecule has 20 heteroatoms. The van der Waals surface area contributed by atoms with Crippen LogP contribution in [0.2, 0.25) is 0 Å². The number of aryl methyl sites for hydroxylation is 1. The average molecular weight is 1340 g/mol. The van der Waals surface area contributed by atoms with E-state index in [0.29, 0.717) is 42.8 Å². The topological polar surface area (TPSA) is 213 Å². The lowest BCUT2D eigenvalue weighted by atomic mass is 9.82. The van der Waals surface area contributed by atoms with Crippen molar-refractivity contribution in [3.63, 3.8) is 0 Å². The molecule has 4 aliphatic heterocycles. The van der Waals surface area contributed by atoms with Gasteiger partial charge in [-0.05, 0) is 84.8 Å². The number of rotatable bonds is 30. The molecule has 2 amide bonds. The van der Waals surface area contributed by atoms with Crippen molar-refractivity contribution < 1.29 is 80.3 Å². The zero-order chi connectivity index (χ0) is 69.1. The quantitative estimate of drug-likeness (QED) is 0.0189. The van der Waals surface area contributed by atoms with E-state index in [4.69, 9.17) is 42.6 Å². The van der Waals surface area contributed by atoms with Crippen molar-refractivity contribution in [1.82, 2.24) is 10.2 Å². The lowest BCUT2D eigenvalue weighted by Crippen LogP contribution is -2.45. The van der Waals surface area contributed by atoms with Crippen LogP contribution in [0.3, 0.4) is 0 Å². The summed E-state index contributed by atoms with van der Waals surface area (Å²) < 4.78 is 65.2. The summed E-state index contributed by atoms with van der Waals surface area (Å²) >= 11 is 0. The van der Waals surface area contributed by atoms with Gasteiger partial charge in [0.05, 0.1) is 77.7 Å². The molecule has 5 aromatic rings. The Morgan fingerprint density at radius 3 is 1.71 bits per heavy atom. The molecule has 0 aromatic heterocycles. The van der Waals surface area contributed by atoms with Crippen molar-refractivity contribution in [3.05, 3.63) is 220 Å². The number of cyclic esters (lactones) is 2. The van der Waals surface area contributed by atoms with Gasteiger partial charge in [0.2, 0.25) is 0 Å². The number of amides is 2. The maximum Gasteiger partial charge on any atom is 0.508 e. The van der Waals surface area contributed by atoms with Gasteiger partial charge in [0, 0.05) is 72.3 Å². The summed E-state index contributed by atoms with van der Waals surface area (Å²) in [6.07, 6.45) is 4.17. The zero-order valence-corrected chi connectivity index (χ0v) is 56.8. The monoisotopic (exact) mass is 1340 g/mol. The fourth-order valence-corrected chi connectivity index (χ4v) is 14.0. The SMILES string of the molecule is Cc1ccc(C2=C(c3ccccc3)C(C(=O)NC3=CCCC=C3)=C(C(C)C)[N+]2(C)CCC2CC(OC(=O)OCCOCCOCCOCCOC(=O)OC3CC(=O)OC(CCN4C(C(C)C)=C(C(=O)Nc5ccccc5)C(c5ccccc5)C4c4ccc(F)cc4)C3)CC(=O)O2)cc1. The predicted molar refractivity (Wildman–Crippen MR) is 366 cm³/mol. The second kappa shape index (κ2) is 34.3. The van der Waals surface area contributed by atoms with E-state index >= 15 is 0 Å². The molecule has 1 aliphatic carbocycles. The number of hydrogen-bond donors (Lipinski definition) is 2. The van der Waals surface area contributed by atoms with Crippen molar-refractivity contribution in [2.24, 2.45) is 11.8 Å². The maximum absolute atomic E-state index is 14.7. The van der Waals surface area contributed by atoms with Crippen molar-refractivity contribution in [2.75, 3.05) is 78.3 Å². The van der Waals surface area contributed by atoms with Crippen LogP contribution >= 0.6 is 0 Å². The number of benzene rings is 5. The molecule has 0 saturated carbocycles. The van der Waals surface area contributed by atoms with Gasteiger partial charge in [-0.25, -0.2) is 14.0 Å². The second-order valence-electron chi connectivity index (χ2n) is 25.9. The van der Waals surface area contributed by atoms with E-state index in [1.54, 1.807) is 12.1 Å². The number of carbonyl (C=O) groups is 6. The Morgan fingerprint density at radius 2 is 1.16 bits per heavy atom. The molecule has 0 bridgehead atoms. The van der Waals surface area contributed by atoms with Crippen LogP contribution < -0.4 is 10.6 Å². The van der Waals surface area contributed by atoms with Crippen LogP contribution in [0.15, 0.2) is 186 Å². The van der Waals surface area contributed by atoms with E-state index in [-0.39, 0.29) is 112 Å². The third kappa shape index (κ3) is 18.5. The van der Waals surface area contributed by atoms with Gasteiger partial charge in [-0.3, -0.25) is 23.7 Å². The van der Waals surface area contributed by atoms with Crippen LogP contribution in [0.1, 0.15) is 119 Å². The minimum atomic E-state index is -0.948. The number of halogens is 1. The van der Waals surface area contributed by atoms with Gasteiger partial charge < -0.3 is 58.2 Å². The third-order valence-corrected chi connectivity index (χ3v) is 18.1. The molecule has 2 fully saturated rings. The number of carbonyl (C=O) groups excluding carboxylic acids is 6. The molecule has 19 nitrogen and oxygen atoms in total. The van der Waals surface area contributed by atoms with Gasteiger partial charge in [0.25, 0.3) is 11.8 Å². The van der Waals surface area contributed by atoms with Gasteiger partial charge in [-0.1, -0.05) is 149 Å². The average Bonchev–Trinajstić information content (AvgIpc) is 1.60. The molecule has 518 valence electrons. The molecule has 98 heavy (non-hydrogen) atoms. The largest absolute Gasteiger partial charge is 0.508 e. The van der Waals surface area contributed by atoms with Crippen LogP contribution in [0, 0.1) is 24.6 Å². The van der Waals surface area contributed by atoms with E-state index in [9.17, 15) is 33.2 Å². The normalized spacial score (nSPS) is 21.6. The first-order valence-electron chi connectivity index (χ1n) is 34.1. The molecule has 2 N–H and O–H groups in total. The summed E-state index contributed by atoms with van der Waals surface area (Å²) in [5.41, 5.74) is 10.9. The molecule has 7 unspecified atom stereocenters. The van der Waals surface area contributed by atoms with Gasteiger partial charge >= 0.3 is 24.2 Å². The first kappa shape index (κ1) is 71.6. The lowest BCUT2D eigenvalue weighted by molar-refractivity contribution is -0.802. The van der Waals surface area contributed by atoms with E-state index in [0.717, 1.165) is 69.0 Å². The molecule has 0 radical (unpaired) electrons. The van der Waals surface area contributed by atoms with Gasteiger partial charge in [0.15, 0.2) is 5.70 Å². The third-order valence-electron chi connectivity index (χ3n) is 18.1. The maximum atomic E-state index is 14.7. The van der Waals surface area contributed by atoms with Crippen molar-refractivity contribution in [1.29, 1.82) is 0 Å². The fourth-order valence-electron chi connectivity index (χ4n) is 14.0. The summed E-state index contributed by atoms with van der Waals surface area (Å²) in [4.78, 5) is 83.4. The van der Waals surface area contributed by atoms with Crippen LogP contribution in [-0.4, -0.2) is 143 Å². The molecule has 10 rings (SSSR count). The van der Waals surface area contributed by atoms with Gasteiger partial charge in [0.1, 0.15) is 54.7 Å². The van der Waals surface area contributed by atoms with Crippen molar-refractivity contribution >= 4 is 53.0 Å². The number of anilines is 1. The second-order valence-corrected chi connectivity index (χ2v) is 25.9. The number of para-hydroxylation sites is 1. The summed E-state index contributed by atoms with van der Waals surface area (Å²) in [6, 6.07) is 43.3. The van der Waals surface area contributed by atoms with Crippen molar-refractivity contribution in [3.8, 4) is 0 Å². The molecule has 0 spiro atoms. The first-order valence-corrected chi connectivity index (χ1v) is 34.1. The van der Waals surface area contributed by atoms with Crippen LogP contribution in [0.5, 0.6) is 0 Å². The highest BCUT2D eigenvalue weighted by atomic mass is 19.1. The van der Waals surface area contributed by atoms with Gasteiger partial charge in [-0.2, -0.15) is 0 Å². The fraction of sp³-hybridized carbons (Fsp3) is 0.410. The highest BCUT2D eigenvalue weighted by Gasteiger charge is 2.51. The molecule has 2 saturated heterocycles. The summed E-state index contributed by atoms with van der Waals surface area (Å²) in [5, 5.41) is 6.34. The van der Waals surface area contributed by atoms with Crippen LogP contribution in [-0.2, 0) is 61.8 Å². The van der Waals surface area contributed by atoms with E-state index < -0.39 is 60.6 Å². The highest BCUT2D eigenvalue weighted by molar-refractivity contribution is 6.17. The number of nitrogens with one attached hydrogen (secondary N) is 2. The van der Waals surface area contributed by atoms with Gasteiger partial charge in [-0.15, -0.1) is 0 Å². The predicted octanol–water partition coefficient (Wildman–Crippen LogP) is 13.4. The Bertz CT molecular complexity index is 3740. The highest BCUT2D eigenvalue weighted by Crippen LogP contribution is 2.53. The molecule has 5 aliphatic rings. The van der Waals surface area contributed by atoms with Crippen LogP contribution in [0.4, 0.5) is 19.7 Å². The number of allylic oxidation sites excluding steroid dienone is 5. The number of hydrogen-bond acceptors (Lipinski definition) is 16. The van der Waals surface area contributed by atoms with E-state index in [1.165, 1.54) is 12.1 Å². The molecular weight excluding hydrogens is 1250 g/mol. The minimum absolute atomic E-state index is 0.0598. The number of esters is 2. The molecule has 7 atom stereocenters. The van der Waals surface area contributed by atoms with Crippen molar-refractivity contribution in [2.45, 2.75) is 122 Å². The first-order chi connectivity index (χ1) is 47.4. The Morgan fingerprint density at radius 1 is 0.612 bits per heavy atom. The van der Waals surface area contributed by atoms with E-state index in [1.807, 2.05) is 124 Å². The molecule has 5 aromatic carbocycles. The Hall–Kier alpha value is -9.21. The number of quaternary nitrogens is 1.